The molecule has 9 nitrogen and oxygen atoms in total. The van der Waals surface area contributed by atoms with Crippen molar-refractivity contribution in [3.05, 3.63) is 12.2 Å². The monoisotopic (exact) mass is 872 g/mol. The average molecular weight is 872 g/mol. The van der Waals surface area contributed by atoms with Crippen LogP contribution in [0.3, 0.4) is 0 Å². The fraction of sp³-hybridized carbons (Fsp3) is 0.920. The van der Waals surface area contributed by atoms with Crippen LogP contribution in [0.2, 0.25) is 0 Å². The van der Waals surface area contributed by atoms with Gasteiger partial charge in [-0.3, -0.25) is 18.6 Å². The van der Waals surface area contributed by atoms with Crippen LogP contribution in [-0.2, 0) is 32.7 Å². The SMILES string of the molecule is CCCCCCCC/C=C\CCCCCCCCCC(=O)OCC(COP(=O)(O)OCCNC)OC(=O)CCCCCCCCCCCCCCCCCCCCCCC. The molecular formula is C50H98NO8P. The summed E-state index contributed by atoms with van der Waals surface area (Å²) in [6.45, 7) is 4.27. The van der Waals surface area contributed by atoms with Crippen LogP contribution in [0.5, 0.6) is 0 Å². The molecule has 0 aliphatic carbocycles. The standard InChI is InChI=1S/C50H98NO8P/c1-4-6-8-10-12-14-16-18-20-22-23-24-25-27-29-31-33-35-37-39-41-43-50(53)59-48(47-58-60(54,55)57-45-44-51-3)46-56-49(52)42-40-38-36-34-32-30-28-26-21-19-17-15-13-11-9-7-5-2/h19,21,48,51H,4-18,20,22-47H2,1-3H3,(H,54,55)/b21-19-. The minimum atomic E-state index is -4.35. The van der Waals surface area contributed by atoms with E-state index in [2.05, 4.69) is 31.3 Å². The molecule has 0 saturated carbocycles. The highest BCUT2D eigenvalue weighted by Gasteiger charge is 2.26. The average Bonchev–Trinajstić information content (AvgIpc) is 3.23. The van der Waals surface area contributed by atoms with Crippen molar-refractivity contribution >= 4 is 19.8 Å². The van der Waals surface area contributed by atoms with Crippen LogP contribution in [0.4, 0.5) is 0 Å². The summed E-state index contributed by atoms with van der Waals surface area (Å²) in [6.07, 6.45) is 49.7. The second kappa shape index (κ2) is 47.2. The molecule has 0 amide bonds. The van der Waals surface area contributed by atoms with Crippen molar-refractivity contribution in [3.8, 4) is 0 Å². The molecule has 0 rings (SSSR count). The second-order valence-corrected chi connectivity index (χ2v) is 18.8. The zero-order valence-electron chi connectivity index (χ0n) is 39.7. The minimum absolute atomic E-state index is 0.0140. The van der Waals surface area contributed by atoms with E-state index in [1.165, 1.54) is 193 Å². The number of esters is 2. The topological polar surface area (TPSA) is 120 Å². The van der Waals surface area contributed by atoms with E-state index in [0.29, 0.717) is 13.0 Å². The van der Waals surface area contributed by atoms with Gasteiger partial charge in [0, 0.05) is 19.4 Å². The van der Waals surface area contributed by atoms with Crippen molar-refractivity contribution in [1.29, 1.82) is 0 Å². The fourth-order valence-electron chi connectivity index (χ4n) is 7.49. The van der Waals surface area contributed by atoms with Crippen molar-refractivity contribution in [2.75, 3.05) is 33.4 Å². The number of phosphoric acid groups is 1. The largest absolute Gasteiger partial charge is 0.472 e. The van der Waals surface area contributed by atoms with Crippen molar-refractivity contribution in [2.24, 2.45) is 0 Å². The van der Waals surface area contributed by atoms with E-state index < -0.39 is 26.5 Å². The van der Waals surface area contributed by atoms with Gasteiger partial charge in [0.25, 0.3) is 0 Å². The molecule has 0 bridgehead atoms. The number of unbranched alkanes of at least 4 members (excludes halogenated alkanes) is 33. The van der Waals surface area contributed by atoms with Crippen molar-refractivity contribution in [1.82, 2.24) is 5.32 Å². The molecule has 60 heavy (non-hydrogen) atoms. The summed E-state index contributed by atoms with van der Waals surface area (Å²) in [5.41, 5.74) is 0. The zero-order chi connectivity index (χ0) is 43.9. The molecule has 356 valence electrons. The molecule has 0 aliphatic rings. The van der Waals surface area contributed by atoms with Crippen LogP contribution < -0.4 is 5.32 Å². The molecule has 2 N–H and O–H groups in total. The Morgan fingerprint density at radius 3 is 1.23 bits per heavy atom. The summed E-state index contributed by atoms with van der Waals surface area (Å²) < 4.78 is 33.3. The number of hydrogen-bond acceptors (Lipinski definition) is 8. The number of carbonyl (C=O) groups excluding carboxylic acids is 2. The summed E-state index contributed by atoms with van der Waals surface area (Å²) in [4.78, 5) is 35.2. The van der Waals surface area contributed by atoms with Gasteiger partial charge in [0.1, 0.15) is 6.61 Å². The molecule has 0 heterocycles. The Morgan fingerprint density at radius 2 is 0.850 bits per heavy atom. The molecule has 0 aromatic heterocycles. The number of allylic oxidation sites excluding steroid dienone is 2. The van der Waals surface area contributed by atoms with E-state index in [-0.39, 0.29) is 32.0 Å². The van der Waals surface area contributed by atoms with Gasteiger partial charge < -0.3 is 19.7 Å². The third kappa shape index (κ3) is 46.3. The van der Waals surface area contributed by atoms with Gasteiger partial charge in [-0.05, 0) is 45.6 Å². The van der Waals surface area contributed by atoms with Gasteiger partial charge >= 0.3 is 19.8 Å². The maximum Gasteiger partial charge on any atom is 0.472 e. The van der Waals surface area contributed by atoms with Crippen LogP contribution in [0, 0.1) is 0 Å². The first-order valence-electron chi connectivity index (χ1n) is 25.6. The minimum Gasteiger partial charge on any atom is -0.462 e. The highest BCUT2D eigenvalue weighted by Crippen LogP contribution is 2.43. The van der Waals surface area contributed by atoms with Gasteiger partial charge in [0.2, 0.25) is 0 Å². The Hall–Kier alpha value is -1.25. The van der Waals surface area contributed by atoms with E-state index >= 15 is 0 Å². The Balaban J connectivity index is 4.08. The normalized spacial score (nSPS) is 13.2. The highest BCUT2D eigenvalue weighted by molar-refractivity contribution is 7.47. The molecule has 0 fully saturated rings. The number of nitrogens with one attached hydrogen (secondary N) is 1. The van der Waals surface area contributed by atoms with Gasteiger partial charge in [0.15, 0.2) is 6.10 Å². The first-order valence-corrected chi connectivity index (χ1v) is 27.1. The van der Waals surface area contributed by atoms with E-state index in [9.17, 15) is 19.0 Å². The first kappa shape index (κ1) is 58.8. The Labute approximate surface area is 371 Å². The number of carbonyl (C=O) groups is 2. The van der Waals surface area contributed by atoms with E-state index in [1.54, 1.807) is 7.05 Å². The van der Waals surface area contributed by atoms with Crippen LogP contribution >= 0.6 is 7.82 Å². The third-order valence-corrected chi connectivity index (χ3v) is 12.4. The number of rotatable bonds is 49. The molecule has 0 aliphatic heterocycles. The maximum atomic E-state index is 12.7. The van der Waals surface area contributed by atoms with Gasteiger partial charge in [-0.15, -0.1) is 0 Å². The number of hydrogen-bond donors (Lipinski definition) is 2. The lowest BCUT2D eigenvalue weighted by molar-refractivity contribution is -0.161. The van der Waals surface area contributed by atoms with E-state index in [0.717, 1.165) is 32.1 Å². The van der Waals surface area contributed by atoms with Crippen LogP contribution in [0.1, 0.15) is 258 Å². The number of ether oxygens (including phenoxy) is 2. The summed E-state index contributed by atoms with van der Waals surface area (Å²) in [7, 11) is -2.64. The highest BCUT2D eigenvalue weighted by atomic mass is 31.2. The smallest absolute Gasteiger partial charge is 0.462 e. The first-order chi connectivity index (χ1) is 29.3. The van der Waals surface area contributed by atoms with Crippen LogP contribution in [0.25, 0.3) is 0 Å². The van der Waals surface area contributed by atoms with Crippen molar-refractivity contribution < 1.29 is 37.6 Å². The Kier molecular flexibility index (Phi) is 46.3. The van der Waals surface area contributed by atoms with Crippen LogP contribution in [-0.4, -0.2) is 56.3 Å². The number of phosphoric ester groups is 1. The quantitative estimate of drug-likeness (QED) is 0.0266. The lowest BCUT2D eigenvalue weighted by Crippen LogP contribution is -2.29. The maximum absolute atomic E-state index is 12.7. The number of likely N-dealkylation sites (N-methyl/N-ethyl adjacent to an activating group) is 1. The molecular weight excluding hydrogens is 774 g/mol. The lowest BCUT2D eigenvalue weighted by Gasteiger charge is -2.20. The molecule has 0 aromatic carbocycles. The molecule has 2 unspecified atom stereocenters. The fourth-order valence-corrected chi connectivity index (χ4v) is 8.24. The molecule has 0 aromatic rings. The summed E-state index contributed by atoms with van der Waals surface area (Å²) >= 11 is 0. The predicted octanol–water partition coefficient (Wildman–Crippen LogP) is 15.2. The molecule has 10 heteroatoms. The Bertz CT molecular complexity index is 995. The third-order valence-electron chi connectivity index (χ3n) is 11.4. The predicted molar refractivity (Wildman–Crippen MR) is 252 cm³/mol. The summed E-state index contributed by atoms with van der Waals surface area (Å²) in [6, 6.07) is 0. The van der Waals surface area contributed by atoms with E-state index in [1.807, 2.05) is 0 Å². The van der Waals surface area contributed by atoms with Crippen molar-refractivity contribution in [3.63, 3.8) is 0 Å². The van der Waals surface area contributed by atoms with Gasteiger partial charge in [-0.1, -0.05) is 219 Å². The van der Waals surface area contributed by atoms with Crippen LogP contribution in [0.15, 0.2) is 12.2 Å². The van der Waals surface area contributed by atoms with Gasteiger partial charge in [-0.25, -0.2) is 4.57 Å². The van der Waals surface area contributed by atoms with Gasteiger partial charge in [0.05, 0.1) is 13.2 Å². The zero-order valence-corrected chi connectivity index (χ0v) is 40.6. The second-order valence-electron chi connectivity index (χ2n) is 17.4. The molecule has 0 radical (unpaired) electrons. The molecule has 0 saturated heterocycles. The summed E-state index contributed by atoms with van der Waals surface area (Å²) in [5, 5.41) is 2.83. The van der Waals surface area contributed by atoms with E-state index in [4.69, 9.17) is 18.5 Å². The Morgan fingerprint density at radius 1 is 0.500 bits per heavy atom. The molecule has 2 atom stereocenters. The van der Waals surface area contributed by atoms with Crippen molar-refractivity contribution in [2.45, 2.75) is 264 Å². The van der Waals surface area contributed by atoms with Gasteiger partial charge in [-0.2, -0.15) is 0 Å². The lowest BCUT2D eigenvalue weighted by atomic mass is 10.0. The summed E-state index contributed by atoms with van der Waals surface area (Å²) in [5.74, 6) is -0.795. The molecule has 0 spiro atoms.